The van der Waals surface area contributed by atoms with Gasteiger partial charge in [-0.1, -0.05) is 6.92 Å². The second-order valence-corrected chi connectivity index (χ2v) is 7.29. The Morgan fingerprint density at radius 2 is 2.28 bits per heavy atom. The van der Waals surface area contributed by atoms with E-state index >= 15 is 0 Å². The summed E-state index contributed by atoms with van der Waals surface area (Å²) < 4.78 is 4.16. The molecule has 18 heavy (non-hydrogen) atoms. The van der Waals surface area contributed by atoms with Crippen LogP contribution < -0.4 is 5.32 Å². The lowest BCUT2D eigenvalue weighted by Gasteiger charge is -2.17. The van der Waals surface area contributed by atoms with E-state index in [0.29, 0.717) is 0 Å². The first kappa shape index (κ1) is 14.2. The summed E-state index contributed by atoms with van der Waals surface area (Å²) in [6.45, 7) is 3.16. The fourth-order valence-corrected chi connectivity index (χ4v) is 3.99. The van der Waals surface area contributed by atoms with Crippen molar-refractivity contribution in [2.75, 3.05) is 6.54 Å². The van der Waals surface area contributed by atoms with Crippen molar-refractivity contribution in [2.45, 2.75) is 19.4 Å². The first-order chi connectivity index (χ1) is 8.63. The van der Waals surface area contributed by atoms with Gasteiger partial charge in [-0.05, 0) is 57.0 Å². The average molecular weight is 393 g/mol. The lowest BCUT2D eigenvalue weighted by atomic mass is 10.1. The average Bonchev–Trinajstić information content (AvgIpc) is 2.88. The topological polar surface area (TPSA) is 29.9 Å². The molecular formula is C12H15Br2N3S. The summed E-state index contributed by atoms with van der Waals surface area (Å²) in [5.74, 6) is 0. The van der Waals surface area contributed by atoms with Crippen molar-refractivity contribution in [3.63, 3.8) is 0 Å². The van der Waals surface area contributed by atoms with Gasteiger partial charge in [-0.15, -0.1) is 11.3 Å². The number of halogens is 2. The van der Waals surface area contributed by atoms with Gasteiger partial charge >= 0.3 is 0 Å². The minimum Gasteiger partial charge on any atom is -0.304 e. The highest BCUT2D eigenvalue weighted by Gasteiger charge is 2.19. The summed E-state index contributed by atoms with van der Waals surface area (Å²) in [6, 6.07) is 4.43. The lowest BCUT2D eigenvalue weighted by Crippen LogP contribution is -2.24. The van der Waals surface area contributed by atoms with Crippen LogP contribution in [-0.4, -0.2) is 16.3 Å². The molecule has 0 fully saturated rings. The van der Waals surface area contributed by atoms with Crippen LogP contribution in [0.3, 0.4) is 0 Å². The summed E-state index contributed by atoms with van der Waals surface area (Å²) in [4.78, 5) is 1.28. The van der Waals surface area contributed by atoms with Crippen LogP contribution in [0.25, 0.3) is 0 Å². The fourth-order valence-electron chi connectivity index (χ4n) is 1.81. The molecule has 1 N–H and O–H groups in total. The van der Waals surface area contributed by atoms with Crippen LogP contribution in [0.5, 0.6) is 0 Å². The highest BCUT2D eigenvalue weighted by molar-refractivity contribution is 9.13. The van der Waals surface area contributed by atoms with Gasteiger partial charge in [0.05, 0.1) is 15.5 Å². The molecule has 0 spiro atoms. The SMILES string of the molecule is CCCNC(c1cc(Br)c(Br)s1)c1ccnn1C. The van der Waals surface area contributed by atoms with Gasteiger partial charge < -0.3 is 5.32 Å². The van der Waals surface area contributed by atoms with Crippen molar-refractivity contribution in [2.24, 2.45) is 7.05 Å². The van der Waals surface area contributed by atoms with E-state index in [2.05, 4.69) is 61.3 Å². The van der Waals surface area contributed by atoms with Crippen LogP contribution >= 0.6 is 43.2 Å². The Balaban J connectivity index is 2.33. The molecule has 3 nitrogen and oxygen atoms in total. The van der Waals surface area contributed by atoms with E-state index in [1.807, 2.05) is 17.9 Å². The molecule has 0 aliphatic rings. The van der Waals surface area contributed by atoms with Crippen molar-refractivity contribution in [1.29, 1.82) is 0 Å². The van der Waals surface area contributed by atoms with Gasteiger partial charge in [0.1, 0.15) is 0 Å². The Bertz CT molecular complexity index is 502. The molecule has 0 aliphatic carbocycles. The second kappa shape index (κ2) is 6.32. The first-order valence-electron chi connectivity index (χ1n) is 5.79. The molecule has 6 heteroatoms. The molecule has 0 bridgehead atoms. The van der Waals surface area contributed by atoms with Crippen LogP contribution in [0.15, 0.2) is 26.6 Å². The monoisotopic (exact) mass is 391 g/mol. The molecule has 0 saturated heterocycles. The summed E-state index contributed by atoms with van der Waals surface area (Å²) in [5.41, 5.74) is 1.18. The number of rotatable bonds is 5. The molecule has 0 amide bonds. The quantitative estimate of drug-likeness (QED) is 0.830. The minimum atomic E-state index is 0.199. The minimum absolute atomic E-state index is 0.199. The van der Waals surface area contributed by atoms with Crippen molar-refractivity contribution in [3.05, 3.63) is 37.2 Å². The van der Waals surface area contributed by atoms with Gasteiger partial charge in [0.25, 0.3) is 0 Å². The second-order valence-electron chi connectivity index (χ2n) is 4.04. The van der Waals surface area contributed by atoms with E-state index in [9.17, 15) is 0 Å². The first-order valence-corrected chi connectivity index (χ1v) is 8.19. The molecule has 0 saturated carbocycles. The molecule has 0 aromatic carbocycles. The van der Waals surface area contributed by atoms with Gasteiger partial charge in [-0.3, -0.25) is 4.68 Å². The van der Waals surface area contributed by atoms with E-state index in [-0.39, 0.29) is 6.04 Å². The van der Waals surface area contributed by atoms with Gasteiger partial charge in [0.2, 0.25) is 0 Å². The predicted octanol–water partition coefficient (Wildman–Crippen LogP) is 4.10. The van der Waals surface area contributed by atoms with Crippen LogP contribution in [0.1, 0.15) is 30.0 Å². The fraction of sp³-hybridized carbons (Fsp3) is 0.417. The maximum Gasteiger partial charge on any atom is 0.0843 e. The highest BCUT2D eigenvalue weighted by Crippen LogP contribution is 2.37. The zero-order valence-corrected chi connectivity index (χ0v) is 14.3. The van der Waals surface area contributed by atoms with Crippen LogP contribution in [-0.2, 0) is 7.05 Å². The number of nitrogens with one attached hydrogen (secondary N) is 1. The van der Waals surface area contributed by atoms with Crippen LogP contribution in [0.4, 0.5) is 0 Å². The molecule has 1 unspecified atom stereocenters. The third-order valence-electron chi connectivity index (χ3n) is 2.70. The van der Waals surface area contributed by atoms with Crippen LogP contribution in [0.2, 0.25) is 0 Å². The summed E-state index contributed by atoms with van der Waals surface area (Å²) in [7, 11) is 1.98. The van der Waals surface area contributed by atoms with Crippen molar-refractivity contribution in [3.8, 4) is 0 Å². The molecule has 2 aromatic rings. The Morgan fingerprint density at radius 3 is 2.78 bits per heavy atom. The van der Waals surface area contributed by atoms with Crippen molar-refractivity contribution >= 4 is 43.2 Å². The maximum atomic E-state index is 4.26. The smallest absolute Gasteiger partial charge is 0.0843 e. The Kier molecular flexibility index (Phi) is 5.00. The molecule has 0 aliphatic heterocycles. The number of aromatic nitrogens is 2. The van der Waals surface area contributed by atoms with Crippen LogP contribution in [0, 0.1) is 0 Å². The van der Waals surface area contributed by atoms with E-state index in [0.717, 1.165) is 21.2 Å². The predicted molar refractivity (Wildman–Crippen MR) is 83.1 cm³/mol. The van der Waals surface area contributed by atoms with Gasteiger partial charge in [-0.2, -0.15) is 5.10 Å². The number of nitrogens with zero attached hydrogens (tertiary/aromatic N) is 2. The molecule has 2 rings (SSSR count). The zero-order chi connectivity index (χ0) is 13.1. The number of aryl methyl sites for hydroxylation is 1. The number of thiophene rings is 1. The van der Waals surface area contributed by atoms with Gasteiger partial charge in [0.15, 0.2) is 0 Å². The maximum absolute atomic E-state index is 4.26. The largest absolute Gasteiger partial charge is 0.304 e. The number of hydrogen-bond acceptors (Lipinski definition) is 3. The molecule has 0 radical (unpaired) electrons. The summed E-state index contributed by atoms with van der Waals surface area (Å²) in [5, 5.41) is 7.84. The summed E-state index contributed by atoms with van der Waals surface area (Å²) >= 11 is 8.85. The third-order valence-corrected chi connectivity index (χ3v) is 6.02. The molecular weight excluding hydrogens is 378 g/mol. The van der Waals surface area contributed by atoms with Gasteiger partial charge in [0, 0.05) is 22.6 Å². The Hall–Kier alpha value is -0.170. The summed E-state index contributed by atoms with van der Waals surface area (Å²) in [6.07, 6.45) is 2.95. The molecule has 2 aromatic heterocycles. The van der Waals surface area contributed by atoms with Gasteiger partial charge in [-0.25, -0.2) is 0 Å². The van der Waals surface area contributed by atoms with Crippen molar-refractivity contribution in [1.82, 2.24) is 15.1 Å². The standard InChI is InChI=1S/C12H15Br2N3S/c1-3-5-15-11(9-4-6-16-17(9)2)10-7-8(13)12(14)18-10/h4,6-7,11,15H,3,5H2,1-2H3. The highest BCUT2D eigenvalue weighted by atomic mass is 79.9. The van der Waals surface area contributed by atoms with E-state index in [4.69, 9.17) is 0 Å². The Morgan fingerprint density at radius 1 is 1.50 bits per heavy atom. The normalized spacial score (nSPS) is 12.9. The third kappa shape index (κ3) is 3.04. The van der Waals surface area contributed by atoms with E-state index in [1.165, 1.54) is 10.6 Å². The van der Waals surface area contributed by atoms with E-state index in [1.54, 1.807) is 11.3 Å². The zero-order valence-electron chi connectivity index (χ0n) is 10.3. The molecule has 98 valence electrons. The molecule has 2 heterocycles. The number of hydrogen-bond donors (Lipinski definition) is 1. The molecule has 1 atom stereocenters. The van der Waals surface area contributed by atoms with E-state index < -0.39 is 0 Å². The Labute approximate surface area is 128 Å². The lowest BCUT2D eigenvalue weighted by molar-refractivity contribution is 0.559. The van der Waals surface area contributed by atoms with Crippen molar-refractivity contribution < 1.29 is 0 Å².